The quantitative estimate of drug-likeness (QED) is 0.890. The van der Waals surface area contributed by atoms with Gasteiger partial charge in [-0.3, -0.25) is 4.79 Å². The number of hydrogen-bond donors (Lipinski definition) is 1. The Morgan fingerprint density at radius 3 is 2.52 bits per heavy atom. The van der Waals surface area contributed by atoms with Crippen molar-refractivity contribution in [3.05, 3.63) is 30.1 Å². The molecule has 0 unspecified atom stereocenters. The van der Waals surface area contributed by atoms with Crippen LogP contribution in [0, 0.1) is 11.2 Å². The molecule has 0 radical (unpaired) electrons. The van der Waals surface area contributed by atoms with Gasteiger partial charge in [-0.1, -0.05) is 6.07 Å². The molecule has 1 amide bonds. The standard InChI is InChI=1S/C14H17FN2O3S/c15-11-2-1-3-12(8-11)21(19,20)17-6-4-14(5-7-17)9-13(18)16-10-14/h1-3,8H,4-7,9-10H2,(H,16,18). The first-order valence-electron chi connectivity index (χ1n) is 6.94. The second-order valence-corrected chi connectivity index (χ2v) is 7.75. The summed E-state index contributed by atoms with van der Waals surface area (Å²) in [4.78, 5) is 11.4. The van der Waals surface area contributed by atoms with Crippen LogP contribution in [0.25, 0.3) is 0 Å². The van der Waals surface area contributed by atoms with E-state index in [1.54, 1.807) is 0 Å². The van der Waals surface area contributed by atoms with Gasteiger partial charge in [-0.15, -0.1) is 0 Å². The van der Waals surface area contributed by atoms with Gasteiger partial charge in [-0.25, -0.2) is 12.8 Å². The molecule has 2 heterocycles. The number of benzene rings is 1. The van der Waals surface area contributed by atoms with Gasteiger partial charge in [0.15, 0.2) is 0 Å². The van der Waals surface area contributed by atoms with Crippen LogP contribution in [-0.4, -0.2) is 38.3 Å². The lowest BCUT2D eigenvalue weighted by molar-refractivity contribution is -0.119. The van der Waals surface area contributed by atoms with Gasteiger partial charge < -0.3 is 5.32 Å². The summed E-state index contributed by atoms with van der Waals surface area (Å²) in [6.45, 7) is 1.36. The smallest absolute Gasteiger partial charge is 0.243 e. The minimum Gasteiger partial charge on any atom is -0.356 e. The number of carbonyl (C=O) groups is 1. The summed E-state index contributed by atoms with van der Waals surface area (Å²) < 4.78 is 39.6. The molecule has 2 aliphatic heterocycles. The van der Waals surface area contributed by atoms with Crippen LogP contribution in [0.4, 0.5) is 4.39 Å². The van der Waals surface area contributed by atoms with E-state index in [1.165, 1.54) is 22.5 Å². The second kappa shape index (κ2) is 5.06. The minimum absolute atomic E-state index is 0.0147. The molecule has 2 saturated heterocycles. The van der Waals surface area contributed by atoms with Crippen LogP contribution in [0.3, 0.4) is 0 Å². The number of sulfonamides is 1. The van der Waals surface area contributed by atoms with Crippen molar-refractivity contribution < 1.29 is 17.6 Å². The number of halogens is 1. The van der Waals surface area contributed by atoms with E-state index in [0.29, 0.717) is 38.9 Å². The van der Waals surface area contributed by atoms with E-state index in [2.05, 4.69) is 5.32 Å². The first-order valence-corrected chi connectivity index (χ1v) is 8.38. The van der Waals surface area contributed by atoms with Crippen LogP contribution in [0.1, 0.15) is 19.3 Å². The maximum atomic E-state index is 13.2. The Morgan fingerprint density at radius 1 is 1.24 bits per heavy atom. The Bertz CT molecular complexity index is 667. The highest BCUT2D eigenvalue weighted by molar-refractivity contribution is 7.89. The Morgan fingerprint density at radius 2 is 1.95 bits per heavy atom. The minimum atomic E-state index is -3.66. The zero-order valence-corrected chi connectivity index (χ0v) is 12.3. The fourth-order valence-electron chi connectivity index (χ4n) is 3.08. The molecule has 1 N–H and O–H groups in total. The highest BCUT2D eigenvalue weighted by atomic mass is 32.2. The fourth-order valence-corrected chi connectivity index (χ4v) is 4.56. The zero-order valence-electron chi connectivity index (χ0n) is 11.5. The molecule has 0 aromatic heterocycles. The van der Waals surface area contributed by atoms with Crippen molar-refractivity contribution in [2.24, 2.45) is 5.41 Å². The highest BCUT2D eigenvalue weighted by Gasteiger charge is 2.43. The molecule has 3 rings (SSSR count). The van der Waals surface area contributed by atoms with Crippen LogP contribution in [0.15, 0.2) is 29.2 Å². The van der Waals surface area contributed by atoms with Gasteiger partial charge in [0, 0.05) is 26.1 Å². The van der Waals surface area contributed by atoms with Gasteiger partial charge in [0.1, 0.15) is 5.82 Å². The number of nitrogens with one attached hydrogen (secondary N) is 1. The molecule has 21 heavy (non-hydrogen) atoms. The van der Waals surface area contributed by atoms with Crippen molar-refractivity contribution in [1.29, 1.82) is 0 Å². The molecule has 0 bridgehead atoms. The second-order valence-electron chi connectivity index (χ2n) is 5.81. The van der Waals surface area contributed by atoms with Crippen LogP contribution < -0.4 is 5.32 Å². The summed E-state index contributed by atoms with van der Waals surface area (Å²) >= 11 is 0. The third-order valence-electron chi connectivity index (χ3n) is 4.41. The summed E-state index contributed by atoms with van der Waals surface area (Å²) in [5, 5.41) is 2.82. The molecule has 1 aromatic carbocycles. The van der Waals surface area contributed by atoms with E-state index in [0.717, 1.165) is 6.07 Å². The average molecular weight is 312 g/mol. The molecule has 1 aromatic rings. The number of carbonyl (C=O) groups excluding carboxylic acids is 1. The third kappa shape index (κ3) is 2.67. The fraction of sp³-hybridized carbons (Fsp3) is 0.500. The van der Waals surface area contributed by atoms with Crippen LogP contribution >= 0.6 is 0 Å². The number of amides is 1. The molecule has 2 fully saturated rings. The van der Waals surface area contributed by atoms with E-state index < -0.39 is 15.8 Å². The third-order valence-corrected chi connectivity index (χ3v) is 6.31. The van der Waals surface area contributed by atoms with Gasteiger partial charge in [0.2, 0.25) is 15.9 Å². The van der Waals surface area contributed by atoms with Crippen molar-refractivity contribution in [3.63, 3.8) is 0 Å². The molecule has 114 valence electrons. The molecule has 5 nitrogen and oxygen atoms in total. The predicted octanol–water partition coefficient (Wildman–Crippen LogP) is 1.12. The Hall–Kier alpha value is -1.47. The maximum absolute atomic E-state index is 13.2. The predicted molar refractivity (Wildman–Crippen MR) is 74.5 cm³/mol. The number of rotatable bonds is 2. The van der Waals surface area contributed by atoms with Crippen LogP contribution in [0.5, 0.6) is 0 Å². The Balaban J connectivity index is 1.76. The Kier molecular flexibility index (Phi) is 3.49. The van der Waals surface area contributed by atoms with Crippen molar-refractivity contribution >= 4 is 15.9 Å². The molecule has 0 aliphatic carbocycles. The lowest BCUT2D eigenvalue weighted by atomic mass is 9.78. The summed E-state index contributed by atoms with van der Waals surface area (Å²) in [6.07, 6.45) is 1.78. The normalized spacial score (nSPS) is 22.4. The van der Waals surface area contributed by atoms with Crippen molar-refractivity contribution in [1.82, 2.24) is 9.62 Å². The zero-order chi connectivity index (χ0) is 15.1. The van der Waals surface area contributed by atoms with Gasteiger partial charge in [0.05, 0.1) is 4.90 Å². The van der Waals surface area contributed by atoms with Crippen molar-refractivity contribution in [3.8, 4) is 0 Å². The van der Waals surface area contributed by atoms with Gasteiger partial charge in [-0.2, -0.15) is 4.31 Å². The summed E-state index contributed by atoms with van der Waals surface area (Å²) in [5.74, 6) is -0.522. The van der Waals surface area contributed by atoms with E-state index in [9.17, 15) is 17.6 Å². The van der Waals surface area contributed by atoms with Crippen molar-refractivity contribution in [2.45, 2.75) is 24.2 Å². The molecular weight excluding hydrogens is 295 g/mol. The summed E-state index contributed by atoms with van der Waals surface area (Å²) in [5.41, 5.74) is -0.106. The molecule has 0 atom stereocenters. The largest absolute Gasteiger partial charge is 0.356 e. The molecule has 0 saturated carbocycles. The molecular formula is C14H17FN2O3S. The molecule has 2 aliphatic rings. The average Bonchev–Trinajstić information content (AvgIpc) is 2.80. The number of piperidine rings is 1. The summed E-state index contributed by atoms with van der Waals surface area (Å²) in [6, 6.07) is 5.07. The number of nitrogens with zero attached hydrogens (tertiary/aromatic N) is 1. The number of hydrogen-bond acceptors (Lipinski definition) is 3. The van der Waals surface area contributed by atoms with Crippen LogP contribution in [0.2, 0.25) is 0 Å². The Labute approximate surface area is 123 Å². The van der Waals surface area contributed by atoms with Crippen molar-refractivity contribution in [2.75, 3.05) is 19.6 Å². The highest BCUT2D eigenvalue weighted by Crippen LogP contribution is 2.38. The lowest BCUT2D eigenvalue weighted by Crippen LogP contribution is -2.43. The van der Waals surface area contributed by atoms with E-state index in [1.807, 2.05) is 0 Å². The van der Waals surface area contributed by atoms with E-state index in [-0.39, 0.29) is 16.2 Å². The topological polar surface area (TPSA) is 66.5 Å². The molecule has 7 heteroatoms. The monoisotopic (exact) mass is 312 g/mol. The first-order chi connectivity index (χ1) is 9.91. The van der Waals surface area contributed by atoms with Gasteiger partial charge in [-0.05, 0) is 36.5 Å². The molecule has 1 spiro atoms. The van der Waals surface area contributed by atoms with Gasteiger partial charge >= 0.3 is 0 Å². The van der Waals surface area contributed by atoms with E-state index in [4.69, 9.17) is 0 Å². The SMILES string of the molecule is O=C1CC2(CCN(S(=O)(=O)c3cccc(F)c3)CC2)CN1. The van der Waals surface area contributed by atoms with Gasteiger partial charge in [0.25, 0.3) is 0 Å². The maximum Gasteiger partial charge on any atom is 0.243 e. The lowest BCUT2D eigenvalue weighted by Gasteiger charge is -2.37. The van der Waals surface area contributed by atoms with Crippen LogP contribution in [-0.2, 0) is 14.8 Å². The summed E-state index contributed by atoms with van der Waals surface area (Å²) in [7, 11) is -3.66. The van der Waals surface area contributed by atoms with E-state index >= 15 is 0 Å². The first kappa shape index (κ1) is 14.5.